The second-order valence-electron chi connectivity index (χ2n) is 4.76. The molecule has 5 heteroatoms. The molecule has 0 saturated carbocycles. The maximum Gasteiger partial charge on any atom is 0.414 e. The van der Waals surface area contributed by atoms with Gasteiger partial charge in [-0.15, -0.1) is 0 Å². The number of carbonyl (C=O) groups excluding carboxylic acids is 2. The van der Waals surface area contributed by atoms with Gasteiger partial charge in [0.25, 0.3) is 0 Å². The number of hydrogen-bond acceptors (Lipinski definition) is 4. The SMILES string of the molecule is CCOC(=O)N1CCc2cc(-c3ccc(C=O)o3)ccc21. The van der Waals surface area contributed by atoms with E-state index in [1.54, 1.807) is 24.0 Å². The maximum atomic E-state index is 11.9. The molecule has 0 unspecified atom stereocenters. The number of fused-ring (bicyclic) bond motifs is 1. The minimum Gasteiger partial charge on any atom is -0.453 e. The Kier molecular flexibility index (Phi) is 3.48. The van der Waals surface area contributed by atoms with Crippen molar-refractivity contribution in [1.29, 1.82) is 0 Å². The molecule has 108 valence electrons. The first-order chi connectivity index (χ1) is 10.2. The lowest BCUT2D eigenvalue weighted by Crippen LogP contribution is -2.29. The Labute approximate surface area is 122 Å². The van der Waals surface area contributed by atoms with Gasteiger partial charge in [-0.3, -0.25) is 9.69 Å². The van der Waals surface area contributed by atoms with Gasteiger partial charge in [-0.2, -0.15) is 0 Å². The van der Waals surface area contributed by atoms with E-state index in [9.17, 15) is 9.59 Å². The molecule has 0 aliphatic carbocycles. The van der Waals surface area contributed by atoms with E-state index in [1.165, 1.54) is 0 Å². The first-order valence-electron chi connectivity index (χ1n) is 6.85. The van der Waals surface area contributed by atoms with Gasteiger partial charge in [-0.05, 0) is 49.2 Å². The molecule has 2 heterocycles. The van der Waals surface area contributed by atoms with E-state index in [4.69, 9.17) is 9.15 Å². The number of aldehydes is 1. The summed E-state index contributed by atoms with van der Waals surface area (Å²) in [6.45, 7) is 2.78. The Hall–Kier alpha value is -2.56. The standard InChI is InChI=1S/C16H15NO4/c1-2-20-16(19)17-8-7-11-9-12(3-5-14(11)17)15-6-4-13(10-18)21-15/h3-6,9-10H,2,7-8H2,1H3. The van der Waals surface area contributed by atoms with Crippen molar-refractivity contribution in [3.8, 4) is 11.3 Å². The van der Waals surface area contributed by atoms with E-state index in [-0.39, 0.29) is 6.09 Å². The summed E-state index contributed by atoms with van der Waals surface area (Å²) < 4.78 is 10.5. The number of rotatable bonds is 3. The van der Waals surface area contributed by atoms with Crippen molar-refractivity contribution in [3.63, 3.8) is 0 Å². The van der Waals surface area contributed by atoms with Crippen molar-refractivity contribution in [2.75, 3.05) is 18.1 Å². The third-order valence-electron chi connectivity index (χ3n) is 3.49. The van der Waals surface area contributed by atoms with Gasteiger partial charge in [0.1, 0.15) is 5.76 Å². The third-order valence-corrected chi connectivity index (χ3v) is 3.49. The van der Waals surface area contributed by atoms with Crippen LogP contribution in [0.25, 0.3) is 11.3 Å². The Morgan fingerprint density at radius 1 is 1.38 bits per heavy atom. The molecule has 5 nitrogen and oxygen atoms in total. The molecule has 1 aromatic carbocycles. The fourth-order valence-electron chi connectivity index (χ4n) is 2.52. The number of ether oxygens (including phenoxy) is 1. The number of hydrogen-bond donors (Lipinski definition) is 0. The van der Waals surface area contributed by atoms with Gasteiger partial charge in [-0.1, -0.05) is 0 Å². The average molecular weight is 285 g/mol. The lowest BCUT2D eigenvalue weighted by molar-refractivity contribution is 0.110. The van der Waals surface area contributed by atoms with Gasteiger partial charge in [0.15, 0.2) is 12.0 Å². The molecule has 1 amide bonds. The third kappa shape index (κ3) is 2.42. The first-order valence-corrected chi connectivity index (χ1v) is 6.85. The number of benzene rings is 1. The lowest BCUT2D eigenvalue weighted by atomic mass is 10.1. The predicted molar refractivity (Wildman–Crippen MR) is 77.6 cm³/mol. The maximum absolute atomic E-state index is 11.9. The van der Waals surface area contributed by atoms with E-state index in [0.717, 1.165) is 23.2 Å². The van der Waals surface area contributed by atoms with Gasteiger partial charge >= 0.3 is 6.09 Å². The van der Waals surface area contributed by atoms with Crippen LogP contribution in [0.4, 0.5) is 10.5 Å². The van der Waals surface area contributed by atoms with Crippen LogP contribution in [0.1, 0.15) is 23.0 Å². The van der Waals surface area contributed by atoms with Crippen molar-refractivity contribution >= 4 is 18.1 Å². The fourth-order valence-corrected chi connectivity index (χ4v) is 2.52. The molecule has 0 radical (unpaired) electrons. The van der Waals surface area contributed by atoms with Crippen molar-refractivity contribution in [2.45, 2.75) is 13.3 Å². The topological polar surface area (TPSA) is 59.8 Å². The van der Waals surface area contributed by atoms with Gasteiger partial charge in [-0.25, -0.2) is 4.79 Å². The van der Waals surface area contributed by atoms with Gasteiger partial charge < -0.3 is 9.15 Å². The molecule has 0 saturated heterocycles. The second-order valence-corrected chi connectivity index (χ2v) is 4.76. The Balaban J connectivity index is 1.89. The molecule has 0 spiro atoms. The minimum atomic E-state index is -0.315. The van der Waals surface area contributed by atoms with E-state index in [1.807, 2.05) is 18.2 Å². The number of nitrogens with zero attached hydrogens (tertiary/aromatic N) is 1. The van der Waals surface area contributed by atoms with E-state index < -0.39 is 0 Å². The molecule has 1 aromatic heterocycles. The summed E-state index contributed by atoms with van der Waals surface area (Å²) in [6.07, 6.45) is 1.15. The first kappa shape index (κ1) is 13.4. The summed E-state index contributed by atoms with van der Waals surface area (Å²) >= 11 is 0. The predicted octanol–water partition coefficient (Wildman–Crippen LogP) is 3.28. The van der Waals surface area contributed by atoms with Gasteiger partial charge in [0.2, 0.25) is 0 Å². The monoisotopic (exact) mass is 285 g/mol. The summed E-state index contributed by atoms with van der Waals surface area (Å²) in [6, 6.07) is 9.16. The number of carbonyl (C=O) groups is 2. The molecule has 1 aliphatic heterocycles. The zero-order chi connectivity index (χ0) is 14.8. The summed E-state index contributed by atoms with van der Waals surface area (Å²) in [5.41, 5.74) is 2.84. The normalized spacial score (nSPS) is 13.1. The summed E-state index contributed by atoms with van der Waals surface area (Å²) in [5.74, 6) is 0.952. The molecule has 3 rings (SSSR count). The zero-order valence-electron chi connectivity index (χ0n) is 11.7. The van der Waals surface area contributed by atoms with Crippen LogP contribution < -0.4 is 4.90 Å². The largest absolute Gasteiger partial charge is 0.453 e. The molecule has 0 N–H and O–H groups in total. The molecular formula is C16H15NO4. The molecule has 0 bridgehead atoms. The number of anilines is 1. The zero-order valence-corrected chi connectivity index (χ0v) is 11.7. The molecule has 0 atom stereocenters. The Morgan fingerprint density at radius 3 is 2.95 bits per heavy atom. The highest BCUT2D eigenvalue weighted by Gasteiger charge is 2.26. The Bertz CT molecular complexity index is 689. The molecule has 1 aliphatic rings. The number of amides is 1. The smallest absolute Gasteiger partial charge is 0.414 e. The quantitative estimate of drug-likeness (QED) is 0.812. The van der Waals surface area contributed by atoms with Crippen LogP contribution in [0.2, 0.25) is 0 Å². The van der Waals surface area contributed by atoms with Crippen LogP contribution in [0.3, 0.4) is 0 Å². The summed E-state index contributed by atoms with van der Waals surface area (Å²) in [7, 11) is 0. The van der Waals surface area contributed by atoms with Crippen molar-refractivity contribution in [2.24, 2.45) is 0 Å². The van der Waals surface area contributed by atoms with Crippen LogP contribution in [0, 0.1) is 0 Å². The summed E-state index contributed by atoms with van der Waals surface area (Å²) in [5, 5.41) is 0. The van der Waals surface area contributed by atoms with Crippen molar-refractivity contribution in [1.82, 2.24) is 0 Å². The van der Waals surface area contributed by atoms with Gasteiger partial charge in [0.05, 0.1) is 12.3 Å². The van der Waals surface area contributed by atoms with Gasteiger partial charge in [0, 0.05) is 12.1 Å². The lowest BCUT2D eigenvalue weighted by Gasteiger charge is -2.16. The highest BCUT2D eigenvalue weighted by molar-refractivity contribution is 5.91. The number of furan rings is 1. The average Bonchev–Trinajstić information content (AvgIpc) is 3.13. The van der Waals surface area contributed by atoms with Crippen LogP contribution >= 0.6 is 0 Å². The van der Waals surface area contributed by atoms with Crippen LogP contribution in [0.15, 0.2) is 34.7 Å². The van der Waals surface area contributed by atoms with E-state index in [2.05, 4.69) is 0 Å². The van der Waals surface area contributed by atoms with Crippen LogP contribution in [0.5, 0.6) is 0 Å². The van der Waals surface area contributed by atoms with Crippen molar-refractivity contribution < 1.29 is 18.7 Å². The molecular weight excluding hydrogens is 270 g/mol. The molecule has 0 fully saturated rings. The molecule has 2 aromatic rings. The summed E-state index contributed by atoms with van der Waals surface area (Å²) in [4.78, 5) is 24.2. The highest BCUT2D eigenvalue weighted by Crippen LogP contribution is 2.33. The highest BCUT2D eigenvalue weighted by atomic mass is 16.6. The van der Waals surface area contributed by atoms with Crippen molar-refractivity contribution in [3.05, 3.63) is 41.7 Å². The second kappa shape index (κ2) is 5.44. The van der Waals surface area contributed by atoms with Crippen LogP contribution in [-0.4, -0.2) is 25.5 Å². The van der Waals surface area contributed by atoms with E-state index in [0.29, 0.717) is 31.0 Å². The fraction of sp³-hybridized carbons (Fsp3) is 0.250. The molecule has 21 heavy (non-hydrogen) atoms. The van der Waals surface area contributed by atoms with Crippen LogP contribution in [-0.2, 0) is 11.2 Å². The minimum absolute atomic E-state index is 0.304. The Morgan fingerprint density at radius 2 is 2.24 bits per heavy atom. The van der Waals surface area contributed by atoms with E-state index >= 15 is 0 Å².